The molecule has 0 aliphatic carbocycles. The minimum atomic E-state index is -1.63. The second-order valence-electron chi connectivity index (χ2n) is 5.22. The first-order valence-corrected chi connectivity index (χ1v) is 7.29. The van der Waals surface area contributed by atoms with Gasteiger partial charge in [0, 0.05) is 18.4 Å². The first-order valence-electron chi connectivity index (χ1n) is 7.29. The van der Waals surface area contributed by atoms with Crippen molar-refractivity contribution in [2.75, 3.05) is 0 Å². The van der Waals surface area contributed by atoms with Gasteiger partial charge >= 0.3 is 147 Å². The van der Waals surface area contributed by atoms with E-state index in [1.54, 1.807) is 0 Å². The number of hydrogen-bond donors (Lipinski definition) is 0. The van der Waals surface area contributed by atoms with Gasteiger partial charge in [-0.25, -0.2) is 0 Å². The molecule has 0 N–H and O–H groups in total. The summed E-state index contributed by atoms with van der Waals surface area (Å²) in [6, 6.07) is 0. The fourth-order valence-electron chi connectivity index (χ4n) is 1.63. The summed E-state index contributed by atoms with van der Waals surface area (Å²) in [7, 11) is 0. The van der Waals surface area contributed by atoms with Crippen molar-refractivity contribution in [2.24, 2.45) is 0 Å². The maximum atomic E-state index is 9.28. The smallest absolute Gasteiger partial charge is 1.00 e. The van der Waals surface area contributed by atoms with Crippen LogP contribution in [0, 0.1) is 0 Å². The number of unbranched alkanes of at least 4 members (excludes halogenated alkanes) is 6. The molecule has 1 unspecified atom stereocenters. The molecule has 0 fully saturated rings. The number of rotatable bonds is 10. The molecule has 1 atom stereocenters. The predicted octanol–water partition coefficient (Wildman–Crippen LogP) is -5.01. The Labute approximate surface area is 183 Å². The topological polar surface area (TPSA) is 80.3 Å². The summed E-state index contributed by atoms with van der Waals surface area (Å²) >= 11 is 2.32. The van der Waals surface area contributed by atoms with Crippen LogP contribution in [0.2, 0.25) is 4.59 Å². The van der Waals surface area contributed by atoms with Gasteiger partial charge in [-0.2, -0.15) is 0 Å². The zero-order chi connectivity index (χ0) is 15.1. The van der Waals surface area contributed by atoms with Crippen LogP contribution in [-0.4, -0.2) is 29.7 Å². The summed E-state index contributed by atoms with van der Waals surface area (Å²) in [4.78, 5) is 18.6. The molecule has 108 valence electrons. The summed E-state index contributed by atoms with van der Waals surface area (Å²) in [6.45, 7) is 4.59. The van der Waals surface area contributed by atoms with E-state index in [2.05, 4.69) is 31.6 Å². The monoisotopic (exact) mass is 310 g/mol. The maximum absolute atomic E-state index is 9.28. The average Bonchev–Trinajstić information content (AvgIpc) is 2.26. The van der Waals surface area contributed by atoms with Crippen molar-refractivity contribution in [3.05, 3.63) is 0 Å². The molecule has 0 radical (unpaired) electrons. The van der Waals surface area contributed by atoms with E-state index in [4.69, 9.17) is 0 Å². The SMILES string of the molecule is O=C([O-])CC(=O)[O-].[Li][CH](C)CCCCCCCCC.[Na+].[Na+]. The van der Waals surface area contributed by atoms with E-state index in [1.807, 2.05) is 0 Å². The Bertz CT molecular complexity index is 227. The Morgan fingerprint density at radius 3 is 1.57 bits per heavy atom. The van der Waals surface area contributed by atoms with Crippen molar-refractivity contribution in [3.8, 4) is 0 Å². The molecule has 0 heterocycles. The summed E-state index contributed by atoms with van der Waals surface area (Å²) in [5.74, 6) is -3.25. The van der Waals surface area contributed by atoms with Crippen molar-refractivity contribution < 1.29 is 78.9 Å². The number of carboxylic acids is 2. The molecule has 0 aliphatic rings. The van der Waals surface area contributed by atoms with Gasteiger partial charge in [-0.15, -0.1) is 0 Å². The Morgan fingerprint density at radius 2 is 1.29 bits per heavy atom. The van der Waals surface area contributed by atoms with Crippen LogP contribution in [0.15, 0.2) is 0 Å². The predicted molar refractivity (Wildman–Crippen MR) is 72.4 cm³/mol. The molecule has 7 heteroatoms. The standard InChI is InChI=1S/C11H23.C3H4O4.Li.2Na/c1-3-5-7-9-11-10-8-6-4-2;4-2(5)1-3(6)7;;;/h3H,4-11H2,1-2H3;1H2,(H,4,5)(H,6,7);;;/q;;;2*+1/p-2. The van der Waals surface area contributed by atoms with Crippen LogP contribution in [0.5, 0.6) is 0 Å². The molecule has 4 nitrogen and oxygen atoms in total. The van der Waals surface area contributed by atoms with Gasteiger partial charge < -0.3 is 19.8 Å². The molecule has 0 aromatic carbocycles. The van der Waals surface area contributed by atoms with E-state index in [0.717, 1.165) is 4.59 Å². The molecule has 0 rings (SSSR count). The molecule has 0 saturated heterocycles. The van der Waals surface area contributed by atoms with Gasteiger partial charge in [0.2, 0.25) is 0 Å². The van der Waals surface area contributed by atoms with E-state index in [-0.39, 0.29) is 59.1 Å². The van der Waals surface area contributed by atoms with Crippen molar-refractivity contribution in [3.63, 3.8) is 0 Å². The van der Waals surface area contributed by atoms with Crippen molar-refractivity contribution in [2.45, 2.75) is 76.2 Å². The third-order valence-electron chi connectivity index (χ3n) is 2.67. The second kappa shape index (κ2) is 23.8. The molecule has 0 saturated carbocycles. The van der Waals surface area contributed by atoms with Gasteiger partial charge in [0.25, 0.3) is 0 Å². The Morgan fingerprint density at radius 1 is 0.905 bits per heavy atom. The molecule has 0 amide bonds. The molecular weight excluding hydrogens is 285 g/mol. The fourth-order valence-corrected chi connectivity index (χ4v) is 1.63. The van der Waals surface area contributed by atoms with Crippen LogP contribution >= 0.6 is 0 Å². The normalized spacial score (nSPS) is 10.3. The van der Waals surface area contributed by atoms with Crippen LogP contribution in [0.1, 0.15) is 71.6 Å². The van der Waals surface area contributed by atoms with Crippen molar-refractivity contribution in [1.82, 2.24) is 0 Å². The zero-order valence-corrected chi connectivity index (χ0v) is 18.6. The summed E-state index contributed by atoms with van der Waals surface area (Å²) in [5.41, 5.74) is 0. The van der Waals surface area contributed by atoms with E-state index in [9.17, 15) is 19.8 Å². The third kappa shape index (κ3) is 38.9. The average molecular weight is 310 g/mol. The van der Waals surface area contributed by atoms with Gasteiger partial charge in [0.15, 0.2) is 0 Å². The molecular formula is C14H25LiNa2O4. The fraction of sp³-hybridized carbons (Fsp3) is 0.857. The van der Waals surface area contributed by atoms with Gasteiger partial charge in [0.1, 0.15) is 0 Å². The van der Waals surface area contributed by atoms with E-state index < -0.39 is 18.4 Å². The summed E-state index contributed by atoms with van der Waals surface area (Å²) in [5, 5.41) is 18.6. The quantitative estimate of drug-likeness (QED) is 0.230. The van der Waals surface area contributed by atoms with Crippen LogP contribution in [0.25, 0.3) is 0 Å². The second-order valence-corrected chi connectivity index (χ2v) is 5.22. The summed E-state index contributed by atoms with van der Waals surface area (Å²) < 4.78 is 0.903. The van der Waals surface area contributed by atoms with E-state index >= 15 is 0 Å². The number of carbonyl (C=O) groups excluding carboxylic acids is 2. The molecule has 0 spiro atoms. The molecule has 0 aromatic rings. The number of aliphatic carboxylic acids is 2. The first kappa shape index (κ1) is 30.4. The van der Waals surface area contributed by atoms with Crippen LogP contribution in [0.3, 0.4) is 0 Å². The third-order valence-corrected chi connectivity index (χ3v) is 2.67. The number of hydrogen-bond acceptors (Lipinski definition) is 4. The minimum Gasteiger partial charge on any atom is 1.00 e. The Kier molecular flexibility index (Phi) is 34.5. The zero-order valence-electron chi connectivity index (χ0n) is 14.6. The molecule has 0 aromatic heterocycles. The van der Waals surface area contributed by atoms with Crippen LogP contribution < -0.4 is 69.3 Å². The first-order chi connectivity index (χ1) is 8.90. The molecule has 0 aliphatic heterocycles. The Hall–Kier alpha value is 1.54. The molecule has 21 heavy (non-hydrogen) atoms. The van der Waals surface area contributed by atoms with Gasteiger partial charge in [0.05, 0.1) is 0 Å². The van der Waals surface area contributed by atoms with Gasteiger partial charge in [-0.1, -0.05) is 0 Å². The van der Waals surface area contributed by atoms with E-state index in [1.165, 1.54) is 51.4 Å². The minimum absolute atomic E-state index is 0. The number of carboxylic acid groups (broad SMARTS) is 2. The van der Waals surface area contributed by atoms with E-state index in [0.29, 0.717) is 0 Å². The van der Waals surface area contributed by atoms with Crippen LogP contribution in [0.4, 0.5) is 0 Å². The van der Waals surface area contributed by atoms with Gasteiger partial charge in [-0.3, -0.25) is 0 Å². The summed E-state index contributed by atoms with van der Waals surface area (Å²) in [6.07, 6.45) is 10.5. The van der Waals surface area contributed by atoms with Crippen molar-refractivity contribution in [1.29, 1.82) is 0 Å². The largest absolute Gasteiger partial charge is 1.00 e. The van der Waals surface area contributed by atoms with Crippen LogP contribution in [-0.2, 0) is 9.59 Å². The van der Waals surface area contributed by atoms with Gasteiger partial charge in [-0.05, 0) is 0 Å². The number of carbonyl (C=O) groups is 2. The van der Waals surface area contributed by atoms with Crippen molar-refractivity contribution >= 4 is 29.7 Å². The Balaban J connectivity index is -0.000000140. The maximum Gasteiger partial charge on any atom is 1.00 e. The molecule has 0 bridgehead atoms.